The lowest BCUT2D eigenvalue weighted by molar-refractivity contribution is -0.137. The summed E-state index contributed by atoms with van der Waals surface area (Å²) in [6.07, 6.45) is -0.979. The van der Waals surface area contributed by atoms with Gasteiger partial charge in [0, 0.05) is 36.6 Å². The number of fused-ring (bicyclic) bond motifs is 1. The molecule has 1 aromatic heterocycles. The van der Waals surface area contributed by atoms with Gasteiger partial charge in [-0.05, 0) is 43.0 Å². The number of hydrogen-bond donors (Lipinski definition) is 1. The molecule has 0 saturated carbocycles. The van der Waals surface area contributed by atoms with Crippen LogP contribution in [0.15, 0.2) is 30.5 Å². The number of hydrogen-bond acceptors (Lipinski definition) is 5. The molecule has 1 amide bonds. The number of halogens is 3. The Hall–Kier alpha value is -2.68. The summed E-state index contributed by atoms with van der Waals surface area (Å²) in [5, 5.41) is 2.62. The maximum atomic E-state index is 12.9. The van der Waals surface area contributed by atoms with Crippen molar-refractivity contribution in [3.05, 3.63) is 47.3 Å². The van der Waals surface area contributed by atoms with Gasteiger partial charge in [-0.2, -0.15) is 13.2 Å². The summed E-state index contributed by atoms with van der Waals surface area (Å²) in [4.78, 5) is 23.8. The number of nitrogens with one attached hydrogen (secondary N) is 1. The largest absolute Gasteiger partial charge is 0.416 e. The average molecular weight is 406 g/mol. The lowest BCUT2D eigenvalue weighted by Crippen LogP contribution is -2.38. The molecule has 29 heavy (non-hydrogen) atoms. The molecule has 0 bridgehead atoms. The molecule has 1 fully saturated rings. The molecule has 0 radical (unpaired) electrons. The highest BCUT2D eigenvalue weighted by Crippen LogP contribution is 2.31. The van der Waals surface area contributed by atoms with Crippen LogP contribution in [0.4, 0.5) is 24.8 Å². The van der Waals surface area contributed by atoms with Crippen molar-refractivity contribution >= 4 is 17.5 Å². The van der Waals surface area contributed by atoms with Crippen LogP contribution in [0, 0.1) is 5.92 Å². The van der Waals surface area contributed by atoms with E-state index >= 15 is 0 Å². The molecule has 1 aliphatic heterocycles. The summed E-state index contributed by atoms with van der Waals surface area (Å²) in [6, 6.07) is 4.68. The van der Waals surface area contributed by atoms with Gasteiger partial charge in [-0.25, -0.2) is 9.97 Å². The number of morpholine rings is 1. The summed E-state index contributed by atoms with van der Waals surface area (Å²) in [6.45, 7) is 2.80. The molecule has 1 aliphatic carbocycles. The Morgan fingerprint density at radius 1 is 1.24 bits per heavy atom. The molecule has 2 aromatic rings. The van der Waals surface area contributed by atoms with Gasteiger partial charge in [0.1, 0.15) is 0 Å². The Morgan fingerprint density at radius 2 is 2.03 bits per heavy atom. The standard InChI is InChI=1S/C20H21F3N4O2/c21-20(22,23)15-2-1-3-16(11-15)25-18(28)13-4-5-17-14(10-13)12-24-19(26-17)27-6-8-29-9-7-27/h1-3,11-13H,4-10H2,(H,25,28)/t13-/m0/s1. The summed E-state index contributed by atoms with van der Waals surface area (Å²) in [7, 11) is 0. The third kappa shape index (κ3) is 4.50. The van der Waals surface area contributed by atoms with Gasteiger partial charge in [0.25, 0.3) is 0 Å². The van der Waals surface area contributed by atoms with Gasteiger partial charge in [0.15, 0.2) is 0 Å². The summed E-state index contributed by atoms with van der Waals surface area (Å²) >= 11 is 0. The summed E-state index contributed by atoms with van der Waals surface area (Å²) in [5.74, 6) is 0.0704. The second-order valence-electron chi connectivity index (χ2n) is 7.25. The number of alkyl halides is 3. The number of nitrogens with zero attached hydrogens (tertiary/aromatic N) is 3. The molecule has 154 valence electrons. The van der Waals surface area contributed by atoms with E-state index in [-0.39, 0.29) is 17.5 Å². The van der Waals surface area contributed by atoms with Gasteiger partial charge in [-0.15, -0.1) is 0 Å². The van der Waals surface area contributed by atoms with Crippen LogP contribution in [0.3, 0.4) is 0 Å². The third-order valence-corrected chi connectivity index (χ3v) is 5.26. The molecule has 0 unspecified atom stereocenters. The molecule has 4 rings (SSSR count). The van der Waals surface area contributed by atoms with E-state index in [1.165, 1.54) is 12.1 Å². The molecule has 1 atom stereocenters. The molecule has 1 N–H and O–H groups in total. The van der Waals surface area contributed by atoms with E-state index in [0.717, 1.165) is 36.5 Å². The number of amides is 1. The zero-order valence-electron chi connectivity index (χ0n) is 15.7. The Kier molecular flexibility index (Phi) is 5.40. The predicted octanol–water partition coefficient (Wildman–Crippen LogP) is 3.08. The Labute approximate surface area is 166 Å². The summed E-state index contributed by atoms with van der Waals surface area (Å²) < 4.78 is 43.9. The second kappa shape index (κ2) is 7.98. The quantitative estimate of drug-likeness (QED) is 0.849. The van der Waals surface area contributed by atoms with Crippen LogP contribution < -0.4 is 10.2 Å². The zero-order chi connectivity index (χ0) is 20.4. The monoisotopic (exact) mass is 406 g/mol. The highest BCUT2D eigenvalue weighted by atomic mass is 19.4. The van der Waals surface area contributed by atoms with E-state index in [1.807, 2.05) is 0 Å². The topological polar surface area (TPSA) is 67.4 Å². The Balaban J connectivity index is 1.42. The van der Waals surface area contributed by atoms with E-state index in [0.29, 0.717) is 38.4 Å². The van der Waals surface area contributed by atoms with E-state index in [4.69, 9.17) is 4.74 Å². The van der Waals surface area contributed by atoms with Crippen molar-refractivity contribution in [2.24, 2.45) is 5.92 Å². The molecule has 2 aliphatic rings. The van der Waals surface area contributed by atoms with E-state index < -0.39 is 11.7 Å². The van der Waals surface area contributed by atoms with Gasteiger partial charge in [-0.1, -0.05) is 6.07 Å². The number of rotatable bonds is 3. The van der Waals surface area contributed by atoms with E-state index in [1.54, 1.807) is 6.20 Å². The number of carbonyl (C=O) groups excluding carboxylic acids is 1. The minimum atomic E-state index is -4.44. The first-order chi connectivity index (χ1) is 13.9. The molecular weight excluding hydrogens is 385 g/mol. The van der Waals surface area contributed by atoms with Crippen LogP contribution in [-0.2, 0) is 28.5 Å². The molecule has 1 saturated heterocycles. The van der Waals surface area contributed by atoms with Gasteiger partial charge >= 0.3 is 6.18 Å². The third-order valence-electron chi connectivity index (χ3n) is 5.26. The van der Waals surface area contributed by atoms with Crippen LogP contribution >= 0.6 is 0 Å². The normalized spacial score (nSPS) is 19.6. The van der Waals surface area contributed by atoms with Crippen molar-refractivity contribution in [2.45, 2.75) is 25.4 Å². The number of aromatic nitrogens is 2. The minimum absolute atomic E-state index is 0.148. The SMILES string of the molecule is O=C(Nc1cccc(C(F)(F)F)c1)[C@H]1CCc2nc(N3CCOCC3)ncc2C1. The van der Waals surface area contributed by atoms with Gasteiger partial charge in [0.2, 0.25) is 11.9 Å². The first-order valence-electron chi connectivity index (χ1n) is 9.56. The van der Waals surface area contributed by atoms with Crippen molar-refractivity contribution in [2.75, 3.05) is 36.5 Å². The van der Waals surface area contributed by atoms with Crippen molar-refractivity contribution in [3.63, 3.8) is 0 Å². The fourth-order valence-electron chi connectivity index (χ4n) is 3.65. The van der Waals surface area contributed by atoms with Crippen LogP contribution in [0.1, 0.15) is 23.2 Å². The maximum absolute atomic E-state index is 12.9. The van der Waals surface area contributed by atoms with Crippen molar-refractivity contribution in [3.8, 4) is 0 Å². The van der Waals surface area contributed by atoms with Crippen LogP contribution in [0.25, 0.3) is 0 Å². The second-order valence-corrected chi connectivity index (χ2v) is 7.25. The first kappa shape index (κ1) is 19.6. The molecule has 6 nitrogen and oxygen atoms in total. The maximum Gasteiger partial charge on any atom is 0.416 e. The van der Waals surface area contributed by atoms with E-state index in [9.17, 15) is 18.0 Å². The fourth-order valence-corrected chi connectivity index (χ4v) is 3.65. The fraction of sp³-hybridized carbons (Fsp3) is 0.450. The summed E-state index contributed by atoms with van der Waals surface area (Å²) in [5.41, 5.74) is 1.21. The number of benzene rings is 1. The molecular formula is C20H21F3N4O2. The molecule has 2 heterocycles. The van der Waals surface area contributed by atoms with Crippen LogP contribution in [-0.4, -0.2) is 42.2 Å². The predicted molar refractivity (Wildman–Crippen MR) is 101 cm³/mol. The highest BCUT2D eigenvalue weighted by Gasteiger charge is 2.31. The van der Waals surface area contributed by atoms with Crippen molar-refractivity contribution < 1.29 is 22.7 Å². The first-order valence-corrected chi connectivity index (χ1v) is 9.56. The minimum Gasteiger partial charge on any atom is -0.378 e. The van der Waals surface area contributed by atoms with Crippen LogP contribution in [0.5, 0.6) is 0 Å². The molecule has 0 spiro atoms. The van der Waals surface area contributed by atoms with Gasteiger partial charge < -0.3 is 15.0 Å². The Morgan fingerprint density at radius 3 is 2.79 bits per heavy atom. The van der Waals surface area contributed by atoms with Gasteiger partial charge in [-0.3, -0.25) is 4.79 Å². The van der Waals surface area contributed by atoms with Gasteiger partial charge in [0.05, 0.1) is 18.8 Å². The van der Waals surface area contributed by atoms with E-state index in [2.05, 4.69) is 20.2 Å². The number of aryl methyl sites for hydroxylation is 1. The Bertz CT molecular complexity index is 898. The zero-order valence-corrected chi connectivity index (χ0v) is 15.7. The van der Waals surface area contributed by atoms with Crippen LogP contribution in [0.2, 0.25) is 0 Å². The average Bonchev–Trinajstić information content (AvgIpc) is 2.73. The number of ether oxygens (including phenoxy) is 1. The van der Waals surface area contributed by atoms with Crippen molar-refractivity contribution in [1.29, 1.82) is 0 Å². The number of carbonyl (C=O) groups is 1. The molecule has 1 aromatic carbocycles. The lowest BCUT2D eigenvalue weighted by atomic mass is 9.86. The smallest absolute Gasteiger partial charge is 0.378 e. The lowest BCUT2D eigenvalue weighted by Gasteiger charge is -2.28. The van der Waals surface area contributed by atoms with Crippen molar-refractivity contribution in [1.82, 2.24) is 9.97 Å². The number of anilines is 2. The molecule has 9 heteroatoms. The highest BCUT2D eigenvalue weighted by molar-refractivity contribution is 5.93.